The molecule has 0 spiro atoms. The lowest BCUT2D eigenvalue weighted by molar-refractivity contribution is -0.138. The predicted molar refractivity (Wildman–Crippen MR) is 66.8 cm³/mol. The first-order valence-electron chi connectivity index (χ1n) is 6.57. The number of amides is 1. The molecule has 0 aromatic heterocycles. The molecule has 108 valence electrons. The van der Waals surface area contributed by atoms with Gasteiger partial charge in [-0.1, -0.05) is 0 Å². The topological polar surface area (TPSA) is 76.1 Å². The zero-order chi connectivity index (χ0) is 14.2. The van der Waals surface area contributed by atoms with Crippen molar-refractivity contribution in [2.75, 3.05) is 19.8 Å². The van der Waals surface area contributed by atoms with Crippen molar-refractivity contribution in [3.8, 4) is 0 Å². The lowest BCUT2D eigenvalue weighted by Crippen LogP contribution is -2.41. The number of carboxylic acids is 1. The van der Waals surface area contributed by atoms with E-state index in [1.165, 1.54) is 0 Å². The van der Waals surface area contributed by atoms with Gasteiger partial charge in [0.1, 0.15) is 5.60 Å². The Morgan fingerprint density at radius 2 is 2.05 bits per heavy atom. The number of hydrogen-bond acceptors (Lipinski definition) is 4. The Labute approximate surface area is 112 Å². The van der Waals surface area contributed by atoms with Gasteiger partial charge >= 0.3 is 12.1 Å². The number of rotatable bonds is 2. The van der Waals surface area contributed by atoms with E-state index >= 15 is 0 Å². The van der Waals surface area contributed by atoms with E-state index in [9.17, 15) is 9.59 Å². The molecule has 1 amide bonds. The Balaban J connectivity index is 2.05. The molecule has 2 fully saturated rings. The first kappa shape index (κ1) is 14.1. The van der Waals surface area contributed by atoms with Crippen molar-refractivity contribution in [2.45, 2.75) is 38.8 Å². The van der Waals surface area contributed by atoms with Gasteiger partial charge in [-0.3, -0.25) is 4.79 Å². The van der Waals surface area contributed by atoms with Crippen molar-refractivity contribution < 1.29 is 24.2 Å². The van der Waals surface area contributed by atoms with Crippen LogP contribution in [0.15, 0.2) is 0 Å². The van der Waals surface area contributed by atoms with E-state index in [1.54, 1.807) is 4.90 Å². The van der Waals surface area contributed by atoms with Crippen LogP contribution in [-0.4, -0.2) is 53.5 Å². The molecule has 1 N–H and O–H groups in total. The maximum absolute atomic E-state index is 12.1. The highest BCUT2D eigenvalue weighted by Crippen LogP contribution is 2.37. The number of nitrogens with zero attached hydrogens (tertiary/aromatic N) is 1. The number of aliphatic carboxylic acids is 1. The number of carbonyl (C=O) groups is 2. The summed E-state index contributed by atoms with van der Waals surface area (Å²) < 4.78 is 10.8. The molecule has 6 nitrogen and oxygen atoms in total. The molecule has 2 aliphatic heterocycles. The van der Waals surface area contributed by atoms with Crippen LogP contribution in [0.1, 0.15) is 27.2 Å². The molecule has 19 heavy (non-hydrogen) atoms. The molecule has 0 saturated carbocycles. The van der Waals surface area contributed by atoms with E-state index < -0.39 is 11.6 Å². The van der Waals surface area contributed by atoms with Crippen LogP contribution in [0.5, 0.6) is 0 Å². The van der Waals surface area contributed by atoms with Gasteiger partial charge in [0.05, 0.1) is 25.7 Å². The minimum Gasteiger partial charge on any atom is -0.481 e. The van der Waals surface area contributed by atoms with Gasteiger partial charge in [-0.05, 0) is 26.7 Å². The molecular formula is C13H21NO5. The molecule has 2 heterocycles. The number of likely N-dealkylation sites (tertiary alicyclic amines) is 1. The second kappa shape index (κ2) is 5.00. The fourth-order valence-electron chi connectivity index (χ4n) is 2.83. The predicted octanol–water partition coefficient (Wildman–Crippen LogP) is 1.34. The Hall–Kier alpha value is -1.30. The number of ether oxygens (including phenoxy) is 2. The van der Waals surface area contributed by atoms with E-state index in [-0.39, 0.29) is 30.4 Å². The molecule has 0 aromatic rings. The smallest absolute Gasteiger partial charge is 0.410 e. The highest BCUT2D eigenvalue weighted by atomic mass is 16.6. The van der Waals surface area contributed by atoms with E-state index in [0.29, 0.717) is 19.8 Å². The van der Waals surface area contributed by atoms with Crippen LogP contribution in [-0.2, 0) is 14.3 Å². The Morgan fingerprint density at radius 3 is 2.63 bits per heavy atom. The standard InChI is InChI=1S/C13H21NO5/c1-13(2,3)19-12(17)14-5-8(4-11(15)16)9-6-18-7-10(9)14/h8-10H,4-7H2,1-3H3,(H,15,16). The summed E-state index contributed by atoms with van der Waals surface area (Å²) >= 11 is 0. The molecule has 2 rings (SSSR count). The van der Waals surface area contributed by atoms with Crippen molar-refractivity contribution in [3.05, 3.63) is 0 Å². The van der Waals surface area contributed by atoms with Crippen LogP contribution in [0, 0.1) is 11.8 Å². The van der Waals surface area contributed by atoms with Gasteiger partial charge in [-0.25, -0.2) is 4.79 Å². The summed E-state index contributed by atoms with van der Waals surface area (Å²) in [4.78, 5) is 24.6. The summed E-state index contributed by atoms with van der Waals surface area (Å²) in [5.41, 5.74) is -0.545. The monoisotopic (exact) mass is 271 g/mol. The molecule has 3 unspecified atom stereocenters. The van der Waals surface area contributed by atoms with Gasteiger partial charge in [0.15, 0.2) is 0 Å². The lowest BCUT2D eigenvalue weighted by atomic mass is 9.91. The average molecular weight is 271 g/mol. The highest BCUT2D eigenvalue weighted by molar-refractivity contribution is 5.70. The zero-order valence-electron chi connectivity index (χ0n) is 11.6. The molecule has 0 aromatic carbocycles. The number of hydrogen-bond donors (Lipinski definition) is 1. The van der Waals surface area contributed by atoms with Gasteiger partial charge in [0, 0.05) is 12.5 Å². The molecule has 6 heteroatoms. The van der Waals surface area contributed by atoms with Crippen LogP contribution >= 0.6 is 0 Å². The summed E-state index contributed by atoms with van der Waals surface area (Å²) in [7, 11) is 0. The molecule has 2 aliphatic rings. The summed E-state index contributed by atoms with van der Waals surface area (Å²) in [6, 6.07) is -0.0424. The molecule has 0 bridgehead atoms. The summed E-state index contributed by atoms with van der Waals surface area (Å²) in [6.07, 6.45) is -0.301. The maximum Gasteiger partial charge on any atom is 0.410 e. The first-order chi connectivity index (χ1) is 8.78. The van der Waals surface area contributed by atoms with Gasteiger partial charge < -0.3 is 19.5 Å². The van der Waals surface area contributed by atoms with Crippen molar-refractivity contribution >= 4 is 12.1 Å². The molecule has 0 aliphatic carbocycles. The van der Waals surface area contributed by atoms with Crippen LogP contribution in [0.3, 0.4) is 0 Å². The fraction of sp³-hybridized carbons (Fsp3) is 0.846. The van der Waals surface area contributed by atoms with Gasteiger partial charge in [-0.15, -0.1) is 0 Å². The third-order valence-electron chi connectivity index (χ3n) is 3.59. The molecule has 3 atom stereocenters. The van der Waals surface area contributed by atoms with E-state index in [2.05, 4.69) is 0 Å². The van der Waals surface area contributed by atoms with E-state index in [4.69, 9.17) is 14.6 Å². The average Bonchev–Trinajstić information content (AvgIpc) is 2.77. The summed E-state index contributed by atoms with van der Waals surface area (Å²) in [5, 5.41) is 8.93. The molecule has 0 radical (unpaired) electrons. The summed E-state index contributed by atoms with van der Waals surface area (Å²) in [6.45, 7) is 6.90. The van der Waals surface area contributed by atoms with Gasteiger partial charge in [0.25, 0.3) is 0 Å². The van der Waals surface area contributed by atoms with Crippen LogP contribution in [0.25, 0.3) is 0 Å². The SMILES string of the molecule is CC(C)(C)OC(=O)N1CC(CC(=O)O)C2COCC21. The second-order valence-corrected chi connectivity index (χ2v) is 6.26. The first-order valence-corrected chi connectivity index (χ1v) is 6.57. The van der Waals surface area contributed by atoms with Crippen molar-refractivity contribution in [3.63, 3.8) is 0 Å². The second-order valence-electron chi connectivity index (χ2n) is 6.26. The molecular weight excluding hydrogens is 250 g/mol. The largest absolute Gasteiger partial charge is 0.481 e. The number of carboxylic acid groups (broad SMARTS) is 1. The Kier molecular flexibility index (Phi) is 3.71. The van der Waals surface area contributed by atoms with Crippen molar-refractivity contribution in [2.24, 2.45) is 11.8 Å². The minimum absolute atomic E-state index is 0.0424. The van der Waals surface area contributed by atoms with Crippen molar-refractivity contribution in [1.29, 1.82) is 0 Å². The third-order valence-corrected chi connectivity index (χ3v) is 3.59. The van der Waals surface area contributed by atoms with E-state index in [1.807, 2.05) is 20.8 Å². The quantitative estimate of drug-likeness (QED) is 0.820. The normalized spacial score (nSPS) is 30.3. The maximum atomic E-state index is 12.1. The van der Waals surface area contributed by atoms with E-state index in [0.717, 1.165) is 0 Å². The van der Waals surface area contributed by atoms with Gasteiger partial charge in [-0.2, -0.15) is 0 Å². The molecule has 2 saturated heterocycles. The number of fused-ring (bicyclic) bond motifs is 1. The Morgan fingerprint density at radius 1 is 1.37 bits per heavy atom. The Bertz CT molecular complexity index is 376. The van der Waals surface area contributed by atoms with Crippen LogP contribution < -0.4 is 0 Å². The van der Waals surface area contributed by atoms with Crippen LogP contribution in [0.2, 0.25) is 0 Å². The van der Waals surface area contributed by atoms with Crippen LogP contribution in [0.4, 0.5) is 4.79 Å². The van der Waals surface area contributed by atoms with Crippen molar-refractivity contribution in [1.82, 2.24) is 4.90 Å². The van der Waals surface area contributed by atoms with Gasteiger partial charge in [0.2, 0.25) is 0 Å². The lowest BCUT2D eigenvalue weighted by Gasteiger charge is -2.27. The highest BCUT2D eigenvalue weighted by Gasteiger charge is 2.48. The third kappa shape index (κ3) is 3.18. The number of carbonyl (C=O) groups excluding carboxylic acids is 1. The summed E-state index contributed by atoms with van der Waals surface area (Å²) in [5.74, 6) is -0.761. The minimum atomic E-state index is -0.832. The fourth-order valence-corrected chi connectivity index (χ4v) is 2.83. The zero-order valence-corrected chi connectivity index (χ0v) is 11.6.